The van der Waals surface area contributed by atoms with Crippen LogP contribution in [0.25, 0.3) is 11.3 Å². The van der Waals surface area contributed by atoms with Crippen LogP contribution >= 0.6 is 0 Å². The van der Waals surface area contributed by atoms with E-state index in [0.717, 1.165) is 0 Å². The lowest BCUT2D eigenvalue weighted by molar-refractivity contribution is 0.0950. The van der Waals surface area contributed by atoms with Gasteiger partial charge in [-0.2, -0.15) is 5.10 Å². The Morgan fingerprint density at radius 1 is 1.10 bits per heavy atom. The maximum atomic E-state index is 12.4. The molecule has 3 rings (SSSR count). The summed E-state index contributed by atoms with van der Waals surface area (Å²) in [6.45, 7) is 2.42. The zero-order valence-corrected chi connectivity index (χ0v) is 16.8. The zero-order valence-electron chi connectivity index (χ0n) is 16.8. The minimum absolute atomic E-state index is 0.127. The summed E-state index contributed by atoms with van der Waals surface area (Å²) in [5.74, 6) is 1.26. The van der Waals surface area contributed by atoms with E-state index >= 15 is 0 Å². The highest BCUT2D eigenvalue weighted by molar-refractivity contribution is 5.93. The van der Waals surface area contributed by atoms with Crippen LogP contribution in [0.2, 0.25) is 0 Å². The van der Waals surface area contributed by atoms with Crippen LogP contribution in [0.15, 0.2) is 54.0 Å². The summed E-state index contributed by atoms with van der Waals surface area (Å²) in [7, 11) is 3.12. The first-order chi connectivity index (χ1) is 14.6. The number of rotatable bonds is 8. The molecule has 9 heteroatoms. The number of carbonyl (C=O) groups excluding carboxylic acids is 1. The normalized spacial score (nSPS) is 10.6. The zero-order chi connectivity index (χ0) is 21.3. The minimum Gasteiger partial charge on any atom is -0.497 e. The van der Waals surface area contributed by atoms with E-state index in [1.165, 1.54) is 12.4 Å². The van der Waals surface area contributed by atoms with Crippen molar-refractivity contribution in [2.45, 2.75) is 6.92 Å². The van der Waals surface area contributed by atoms with Crippen LogP contribution in [-0.4, -0.2) is 47.9 Å². The third-order valence-electron chi connectivity index (χ3n) is 3.95. The molecule has 2 heterocycles. The van der Waals surface area contributed by atoms with Crippen LogP contribution in [0.3, 0.4) is 0 Å². The van der Waals surface area contributed by atoms with Crippen molar-refractivity contribution in [2.75, 3.05) is 20.8 Å². The number of nitrogens with zero attached hydrogens (tertiary/aromatic N) is 4. The second-order valence-electron chi connectivity index (χ2n) is 5.95. The van der Waals surface area contributed by atoms with Gasteiger partial charge in [-0.15, -0.1) is 0 Å². The molecule has 0 saturated heterocycles. The molecule has 154 valence electrons. The largest absolute Gasteiger partial charge is 0.497 e. The van der Waals surface area contributed by atoms with E-state index in [0.29, 0.717) is 40.8 Å². The molecule has 0 aliphatic rings. The summed E-state index contributed by atoms with van der Waals surface area (Å²) in [6, 6.07) is 8.81. The number of benzene rings is 1. The molecule has 0 unspecified atom stereocenters. The Morgan fingerprint density at radius 2 is 1.87 bits per heavy atom. The molecule has 0 fully saturated rings. The third-order valence-corrected chi connectivity index (χ3v) is 3.95. The number of nitrogens with one attached hydrogen (secondary N) is 1. The van der Waals surface area contributed by atoms with E-state index < -0.39 is 5.91 Å². The van der Waals surface area contributed by atoms with Crippen molar-refractivity contribution >= 4 is 12.1 Å². The van der Waals surface area contributed by atoms with Gasteiger partial charge >= 0.3 is 0 Å². The molecule has 9 nitrogen and oxygen atoms in total. The Kier molecular flexibility index (Phi) is 6.88. The maximum absolute atomic E-state index is 12.4. The first kappa shape index (κ1) is 20.7. The topological polar surface area (TPSA) is 108 Å². The molecule has 1 N–H and O–H groups in total. The Labute approximate surface area is 173 Å². The summed E-state index contributed by atoms with van der Waals surface area (Å²) >= 11 is 0. The van der Waals surface area contributed by atoms with Crippen LogP contribution in [-0.2, 0) is 0 Å². The van der Waals surface area contributed by atoms with Crippen molar-refractivity contribution in [2.24, 2.45) is 5.10 Å². The minimum atomic E-state index is -0.491. The number of amides is 1. The average molecular weight is 407 g/mol. The Balaban J connectivity index is 1.70. The van der Waals surface area contributed by atoms with E-state index in [1.807, 2.05) is 6.92 Å². The van der Waals surface area contributed by atoms with Crippen molar-refractivity contribution in [3.8, 4) is 28.6 Å². The third kappa shape index (κ3) is 5.28. The summed E-state index contributed by atoms with van der Waals surface area (Å²) in [6.07, 6.45) is 6.02. The highest BCUT2D eigenvalue weighted by Crippen LogP contribution is 2.21. The fourth-order valence-corrected chi connectivity index (χ4v) is 2.51. The number of aromatic nitrogens is 3. The molecule has 1 amide bonds. The molecule has 0 bridgehead atoms. The number of hydrogen-bond donors (Lipinski definition) is 1. The van der Waals surface area contributed by atoms with E-state index in [9.17, 15) is 4.79 Å². The molecule has 0 spiro atoms. The van der Waals surface area contributed by atoms with Gasteiger partial charge in [0.25, 0.3) is 5.91 Å². The number of methoxy groups -OCH3 is 2. The van der Waals surface area contributed by atoms with E-state index in [1.54, 1.807) is 56.9 Å². The molecule has 0 radical (unpaired) electrons. The summed E-state index contributed by atoms with van der Waals surface area (Å²) in [5.41, 5.74) is 4.49. The highest BCUT2D eigenvalue weighted by atomic mass is 16.5. The lowest BCUT2D eigenvalue weighted by atomic mass is 10.2. The Bertz CT molecular complexity index is 1020. The number of hydrogen-bond acceptors (Lipinski definition) is 8. The van der Waals surface area contributed by atoms with Crippen LogP contribution in [0, 0.1) is 0 Å². The molecule has 30 heavy (non-hydrogen) atoms. The van der Waals surface area contributed by atoms with Gasteiger partial charge in [-0.1, -0.05) is 0 Å². The van der Waals surface area contributed by atoms with Gasteiger partial charge in [-0.3, -0.25) is 9.78 Å². The van der Waals surface area contributed by atoms with Crippen LogP contribution in [0.5, 0.6) is 17.4 Å². The number of pyridine rings is 1. The van der Waals surface area contributed by atoms with Gasteiger partial charge in [-0.05, 0) is 25.1 Å². The fourth-order valence-electron chi connectivity index (χ4n) is 2.51. The van der Waals surface area contributed by atoms with Crippen molar-refractivity contribution in [3.63, 3.8) is 0 Å². The van der Waals surface area contributed by atoms with Crippen LogP contribution < -0.4 is 19.6 Å². The van der Waals surface area contributed by atoms with Crippen molar-refractivity contribution in [1.29, 1.82) is 0 Å². The number of hydrazone groups is 1. The number of ether oxygens (including phenoxy) is 3. The van der Waals surface area contributed by atoms with Gasteiger partial charge in [0.2, 0.25) is 5.88 Å². The lowest BCUT2D eigenvalue weighted by Crippen LogP contribution is -2.19. The van der Waals surface area contributed by atoms with Crippen molar-refractivity contribution in [1.82, 2.24) is 20.4 Å². The van der Waals surface area contributed by atoms with Crippen LogP contribution in [0.1, 0.15) is 23.0 Å². The standard InChI is InChI=1S/C21H21N5O4/c1-4-30-20-6-5-15(11-23-20)18-12-22-13-19(25-18)21(27)26-24-10-14-7-16(28-2)9-17(8-14)29-3/h5-13H,4H2,1-3H3,(H,26,27)/b24-10+. The SMILES string of the molecule is CCOc1ccc(-c2cncc(C(=O)N/N=C/c3cc(OC)cc(OC)c3)n2)cn1. The van der Waals surface area contributed by atoms with Gasteiger partial charge in [0.1, 0.15) is 17.2 Å². The highest BCUT2D eigenvalue weighted by Gasteiger charge is 2.10. The molecular weight excluding hydrogens is 386 g/mol. The van der Waals surface area contributed by atoms with Crippen molar-refractivity contribution < 1.29 is 19.0 Å². The smallest absolute Gasteiger partial charge is 0.291 e. The molecule has 1 aromatic carbocycles. The Hall–Kier alpha value is -4.01. The molecule has 0 aliphatic carbocycles. The average Bonchev–Trinajstić information content (AvgIpc) is 2.79. The van der Waals surface area contributed by atoms with Gasteiger partial charge in [0.15, 0.2) is 0 Å². The molecule has 0 aliphatic heterocycles. The second kappa shape index (κ2) is 9.97. The van der Waals surface area contributed by atoms with Gasteiger partial charge in [0.05, 0.1) is 45.1 Å². The van der Waals surface area contributed by atoms with E-state index in [2.05, 4.69) is 25.5 Å². The van der Waals surface area contributed by atoms with Gasteiger partial charge in [-0.25, -0.2) is 15.4 Å². The summed E-state index contributed by atoms with van der Waals surface area (Å²) in [5, 5.41) is 3.97. The van der Waals surface area contributed by atoms with E-state index in [4.69, 9.17) is 14.2 Å². The second-order valence-corrected chi connectivity index (χ2v) is 5.95. The molecule has 0 saturated carbocycles. The molecular formula is C21H21N5O4. The van der Waals surface area contributed by atoms with E-state index in [-0.39, 0.29) is 5.69 Å². The molecule has 3 aromatic rings. The van der Waals surface area contributed by atoms with Gasteiger partial charge < -0.3 is 14.2 Å². The first-order valence-electron chi connectivity index (χ1n) is 9.10. The molecule has 2 aromatic heterocycles. The first-order valence-corrected chi connectivity index (χ1v) is 9.10. The molecule has 0 atom stereocenters. The predicted molar refractivity (Wildman–Crippen MR) is 111 cm³/mol. The quantitative estimate of drug-likeness (QED) is 0.452. The van der Waals surface area contributed by atoms with Crippen LogP contribution in [0.4, 0.5) is 0 Å². The lowest BCUT2D eigenvalue weighted by Gasteiger charge is -2.06. The fraction of sp³-hybridized carbons (Fsp3) is 0.190. The monoisotopic (exact) mass is 407 g/mol. The van der Waals surface area contributed by atoms with Gasteiger partial charge in [0, 0.05) is 29.5 Å². The van der Waals surface area contributed by atoms with Crippen molar-refractivity contribution in [3.05, 3.63) is 60.2 Å². The maximum Gasteiger partial charge on any atom is 0.291 e. The Morgan fingerprint density at radius 3 is 2.50 bits per heavy atom. The summed E-state index contributed by atoms with van der Waals surface area (Å²) < 4.78 is 15.7. The summed E-state index contributed by atoms with van der Waals surface area (Å²) in [4.78, 5) is 25.0. The number of carbonyl (C=O) groups is 1. The predicted octanol–water partition coefficient (Wildman–Crippen LogP) is 2.72.